The van der Waals surface area contributed by atoms with Crippen LogP contribution in [0.5, 0.6) is 0 Å². The summed E-state index contributed by atoms with van der Waals surface area (Å²) in [4.78, 5) is 16.0. The number of hydrogen-bond acceptors (Lipinski definition) is 5. The maximum absolute atomic E-state index is 5.92. The van der Waals surface area contributed by atoms with Gasteiger partial charge in [0, 0.05) is 25.4 Å². The molecule has 0 bridgehead atoms. The first-order valence-electron chi connectivity index (χ1n) is 8.09. The number of anilines is 1. The molecule has 1 N–H and O–H groups in total. The van der Waals surface area contributed by atoms with E-state index in [0.29, 0.717) is 11.1 Å². The number of aryl methyl sites for hydroxylation is 1. The van der Waals surface area contributed by atoms with Crippen LogP contribution in [0, 0.1) is 6.92 Å². The molecule has 0 radical (unpaired) electrons. The summed E-state index contributed by atoms with van der Waals surface area (Å²) in [6.07, 6.45) is 4.01. The first-order chi connectivity index (χ1) is 11.2. The van der Waals surface area contributed by atoms with Crippen LogP contribution in [0.4, 0.5) is 5.82 Å². The second kappa shape index (κ2) is 7.23. The summed E-state index contributed by atoms with van der Waals surface area (Å²) in [5.41, 5.74) is 2.14. The summed E-state index contributed by atoms with van der Waals surface area (Å²) >= 11 is 5.92. The third-order valence-electron chi connectivity index (χ3n) is 4.07. The van der Waals surface area contributed by atoms with Gasteiger partial charge in [-0.1, -0.05) is 11.6 Å². The van der Waals surface area contributed by atoms with Gasteiger partial charge in [0.2, 0.25) is 0 Å². The smallest absolute Gasteiger partial charge is 0.129 e. The van der Waals surface area contributed by atoms with Gasteiger partial charge < -0.3 is 5.32 Å². The van der Waals surface area contributed by atoms with Crippen LogP contribution in [0.2, 0.25) is 5.02 Å². The van der Waals surface area contributed by atoms with Crippen molar-refractivity contribution in [3.05, 3.63) is 46.6 Å². The molecule has 1 fully saturated rings. The van der Waals surface area contributed by atoms with Crippen molar-refractivity contribution in [1.29, 1.82) is 0 Å². The molecule has 5 nitrogen and oxygen atoms in total. The predicted octanol–water partition coefficient (Wildman–Crippen LogP) is 3.60. The molecule has 0 aliphatic carbocycles. The van der Waals surface area contributed by atoms with Crippen molar-refractivity contribution in [2.24, 2.45) is 0 Å². The average Bonchev–Trinajstić information content (AvgIpc) is 2.97. The van der Waals surface area contributed by atoms with E-state index >= 15 is 0 Å². The minimum absolute atomic E-state index is 0.326. The van der Waals surface area contributed by atoms with Crippen LogP contribution in [0.25, 0.3) is 0 Å². The molecule has 6 heteroatoms. The van der Waals surface area contributed by atoms with Gasteiger partial charge in [0.1, 0.15) is 11.6 Å². The molecule has 3 rings (SSSR count). The Morgan fingerprint density at radius 2 is 2.22 bits per heavy atom. The Kier molecular flexibility index (Phi) is 5.08. The van der Waals surface area contributed by atoms with Crippen LogP contribution < -0.4 is 5.32 Å². The number of rotatable bonds is 5. The summed E-state index contributed by atoms with van der Waals surface area (Å²) in [6, 6.07) is 6.29. The highest BCUT2D eigenvalue weighted by Crippen LogP contribution is 2.32. The fraction of sp³-hybridized carbons (Fsp3) is 0.471. The molecule has 0 aromatic carbocycles. The fourth-order valence-electron chi connectivity index (χ4n) is 3.09. The van der Waals surface area contributed by atoms with Gasteiger partial charge in [-0.2, -0.15) is 0 Å². The van der Waals surface area contributed by atoms with Gasteiger partial charge in [-0.05, 0) is 45.4 Å². The lowest BCUT2D eigenvalue weighted by Gasteiger charge is -2.24. The van der Waals surface area contributed by atoms with Crippen LogP contribution in [-0.4, -0.2) is 32.9 Å². The average molecular weight is 332 g/mol. The lowest BCUT2D eigenvalue weighted by Crippen LogP contribution is -2.24. The highest BCUT2D eigenvalue weighted by atomic mass is 35.5. The number of nitrogens with one attached hydrogen (secondary N) is 1. The molecule has 2 aromatic heterocycles. The van der Waals surface area contributed by atoms with E-state index in [9.17, 15) is 0 Å². The Bertz CT molecular complexity index is 659. The van der Waals surface area contributed by atoms with E-state index in [1.54, 1.807) is 6.20 Å². The Hall–Kier alpha value is -1.72. The number of hydrogen-bond donors (Lipinski definition) is 1. The van der Waals surface area contributed by atoms with E-state index in [4.69, 9.17) is 11.6 Å². The van der Waals surface area contributed by atoms with Gasteiger partial charge >= 0.3 is 0 Å². The van der Waals surface area contributed by atoms with E-state index < -0.39 is 0 Å². The topological polar surface area (TPSA) is 53.9 Å². The standard InChI is InChI=1S/C17H22ClN5/c1-3-19-17-9-15(21-12(2)22-17)16-5-4-8-23(16)11-14-7-6-13(18)10-20-14/h6-7,9-10,16H,3-5,8,11H2,1-2H3,(H,19,21,22). The van der Waals surface area contributed by atoms with Crippen LogP contribution in [0.15, 0.2) is 24.4 Å². The molecule has 1 aliphatic heterocycles. The van der Waals surface area contributed by atoms with Crippen LogP contribution in [-0.2, 0) is 6.54 Å². The third-order valence-corrected chi connectivity index (χ3v) is 4.30. The number of aromatic nitrogens is 3. The Morgan fingerprint density at radius 3 is 2.96 bits per heavy atom. The fourth-order valence-corrected chi connectivity index (χ4v) is 3.20. The maximum atomic E-state index is 5.92. The van der Waals surface area contributed by atoms with Crippen molar-refractivity contribution in [1.82, 2.24) is 19.9 Å². The Balaban J connectivity index is 1.79. The summed E-state index contributed by atoms with van der Waals surface area (Å²) in [7, 11) is 0. The molecular weight excluding hydrogens is 310 g/mol. The molecule has 2 aromatic rings. The Labute approximate surface area is 142 Å². The minimum Gasteiger partial charge on any atom is -0.370 e. The highest BCUT2D eigenvalue weighted by molar-refractivity contribution is 6.30. The van der Waals surface area contributed by atoms with E-state index in [1.807, 2.05) is 19.1 Å². The molecule has 0 saturated carbocycles. The number of halogens is 1. The van der Waals surface area contributed by atoms with Crippen molar-refractivity contribution in [3.8, 4) is 0 Å². The minimum atomic E-state index is 0.326. The zero-order chi connectivity index (χ0) is 16.2. The second-order valence-corrected chi connectivity index (χ2v) is 6.29. The Morgan fingerprint density at radius 1 is 1.35 bits per heavy atom. The summed E-state index contributed by atoms with van der Waals surface area (Å²) < 4.78 is 0. The zero-order valence-electron chi connectivity index (χ0n) is 13.6. The van der Waals surface area contributed by atoms with Gasteiger partial charge in [-0.25, -0.2) is 9.97 Å². The van der Waals surface area contributed by atoms with Gasteiger partial charge in [0.05, 0.1) is 22.5 Å². The van der Waals surface area contributed by atoms with Crippen molar-refractivity contribution in [3.63, 3.8) is 0 Å². The number of pyridine rings is 1. The predicted molar refractivity (Wildman–Crippen MR) is 92.6 cm³/mol. The monoisotopic (exact) mass is 331 g/mol. The van der Waals surface area contributed by atoms with E-state index in [1.165, 1.54) is 6.42 Å². The lowest BCUT2D eigenvalue weighted by atomic mass is 10.1. The SMILES string of the molecule is CCNc1cc(C2CCCN2Cc2ccc(Cl)cn2)nc(C)n1. The molecule has 1 atom stereocenters. The molecule has 1 unspecified atom stereocenters. The third kappa shape index (κ3) is 3.98. The number of likely N-dealkylation sites (tertiary alicyclic amines) is 1. The van der Waals surface area contributed by atoms with Crippen LogP contribution in [0.1, 0.15) is 43.0 Å². The second-order valence-electron chi connectivity index (χ2n) is 5.85. The molecule has 0 amide bonds. The molecule has 1 aliphatic rings. The first kappa shape index (κ1) is 16.1. The van der Waals surface area contributed by atoms with E-state index in [2.05, 4.69) is 38.2 Å². The van der Waals surface area contributed by atoms with Crippen molar-refractivity contribution < 1.29 is 0 Å². The van der Waals surface area contributed by atoms with Crippen molar-refractivity contribution in [2.75, 3.05) is 18.4 Å². The van der Waals surface area contributed by atoms with Gasteiger partial charge in [-0.3, -0.25) is 9.88 Å². The molecule has 0 spiro atoms. The molecule has 1 saturated heterocycles. The van der Waals surface area contributed by atoms with Crippen molar-refractivity contribution in [2.45, 2.75) is 39.3 Å². The summed E-state index contributed by atoms with van der Waals surface area (Å²) in [6.45, 7) is 6.77. The molecule has 23 heavy (non-hydrogen) atoms. The maximum Gasteiger partial charge on any atom is 0.129 e. The number of nitrogens with zero attached hydrogens (tertiary/aromatic N) is 4. The highest BCUT2D eigenvalue weighted by Gasteiger charge is 2.28. The molecule has 122 valence electrons. The van der Waals surface area contributed by atoms with Crippen molar-refractivity contribution >= 4 is 17.4 Å². The van der Waals surface area contributed by atoms with E-state index in [-0.39, 0.29) is 0 Å². The van der Waals surface area contributed by atoms with E-state index in [0.717, 1.165) is 49.1 Å². The van der Waals surface area contributed by atoms with Gasteiger partial charge in [-0.15, -0.1) is 0 Å². The summed E-state index contributed by atoms with van der Waals surface area (Å²) in [5, 5.41) is 3.96. The largest absolute Gasteiger partial charge is 0.370 e. The summed E-state index contributed by atoms with van der Waals surface area (Å²) in [5.74, 6) is 1.72. The normalized spacial score (nSPS) is 18.3. The van der Waals surface area contributed by atoms with Crippen LogP contribution >= 0.6 is 11.6 Å². The van der Waals surface area contributed by atoms with Gasteiger partial charge in [0.25, 0.3) is 0 Å². The zero-order valence-corrected chi connectivity index (χ0v) is 14.3. The molecule has 3 heterocycles. The lowest BCUT2D eigenvalue weighted by molar-refractivity contribution is 0.241. The molecular formula is C17H22ClN5. The van der Waals surface area contributed by atoms with Gasteiger partial charge in [0.15, 0.2) is 0 Å². The van der Waals surface area contributed by atoms with Crippen LogP contribution in [0.3, 0.4) is 0 Å². The first-order valence-corrected chi connectivity index (χ1v) is 8.47. The quantitative estimate of drug-likeness (QED) is 0.907.